The van der Waals surface area contributed by atoms with E-state index in [1.807, 2.05) is 12.3 Å². The molecule has 0 aromatic carbocycles. The van der Waals surface area contributed by atoms with Crippen LogP contribution in [-0.2, 0) is 4.74 Å². The Morgan fingerprint density at radius 3 is 3.00 bits per heavy atom. The number of rotatable bonds is 2. The van der Waals surface area contributed by atoms with E-state index in [1.165, 1.54) is 0 Å². The Balaban J connectivity index is 1.79. The molecule has 5 nitrogen and oxygen atoms in total. The molecule has 1 unspecified atom stereocenters. The normalized spacial score (nSPS) is 22.7. The fraction of sp³-hybridized carbons (Fsp3) is 0.417. The minimum absolute atomic E-state index is 0.00763. The van der Waals surface area contributed by atoms with Gasteiger partial charge < -0.3 is 9.64 Å². The lowest BCUT2D eigenvalue weighted by Gasteiger charge is -2.34. The molecule has 19 heavy (non-hydrogen) atoms. The van der Waals surface area contributed by atoms with Gasteiger partial charge >= 0.3 is 0 Å². The smallest absolute Gasteiger partial charge is 0.175 e. The van der Waals surface area contributed by atoms with E-state index in [0.29, 0.717) is 23.5 Å². The van der Waals surface area contributed by atoms with Gasteiger partial charge in [-0.1, -0.05) is 29.3 Å². The number of halogens is 2. The van der Waals surface area contributed by atoms with Crippen LogP contribution < -0.4 is 4.90 Å². The highest BCUT2D eigenvalue weighted by molar-refractivity contribution is 6.33. The average Bonchev–Trinajstić information content (AvgIpc) is 2.96. The summed E-state index contributed by atoms with van der Waals surface area (Å²) in [6.45, 7) is 2.07. The molecule has 1 aromatic rings. The van der Waals surface area contributed by atoms with Gasteiger partial charge in [0.2, 0.25) is 0 Å². The van der Waals surface area contributed by atoms with Gasteiger partial charge in [-0.25, -0.2) is 0 Å². The molecule has 0 spiro atoms. The lowest BCUT2D eigenvalue weighted by atomic mass is 10.1. The van der Waals surface area contributed by atoms with Gasteiger partial charge in [0.05, 0.1) is 18.0 Å². The van der Waals surface area contributed by atoms with Crippen LogP contribution in [0, 0.1) is 0 Å². The molecule has 100 valence electrons. The summed E-state index contributed by atoms with van der Waals surface area (Å²) in [7, 11) is 0. The molecular weight excluding hydrogens is 287 g/mol. The Kier molecular flexibility index (Phi) is 3.68. The molecule has 1 atom stereocenters. The van der Waals surface area contributed by atoms with E-state index in [4.69, 9.17) is 27.9 Å². The van der Waals surface area contributed by atoms with Crippen molar-refractivity contribution in [3.8, 4) is 0 Å². The molecular formula is C12H12Cl2N4O. The van der Waals surface area contributed by atoms with Crippen molar-refractivity contribution in [1.29, 1.82) is 0 Å². The summed E-state index contributed by atoms with van der Waals surface area (Å²) in [5.41, 5.74) is 1.84. The molecule has 3 rings (SSSR count). The van der Waals surface area contributed by atoms with Gasteiger partial charge in [-0.2, -0.15) is 0 Å². The Labute approximate surface area is 120 Å². The first-order chi connectivity index (χ1) is 9.24. The number of aromatic nitrogens is 2. The van der Waals surface area contributed by atoms with Crippen LogP contribution >= 0.6 is 23.2 Å². The zero-order valence-electron chi connectivity index (χ0n) is 10.1. The van der Waals surface area contributed by atoms with Crippen molar-refractivity contribution < 1.29 is 4.74 Å². The van der Waals surface area contributed by atoms with Gasteiger partial charge in [0.25, 0.3) is 0 Å². The summed E-state index contributed by atoms with van der Waals surface area (Å²) in [4.78, 5) is 6.43. The van der Waals surface area contributed by atoms with Gasteiger partial charge in [0.1, 0.15) is 6.10 Å². The van der Waals surface area contributed by atoms with E-state index in [-0.39, 0.29) is 6.10 Å². The second-order valence-corrected chi connectivity index (χ2v) is 5.10. The number of anilines is 1. The molecule has 1 fully saturated rings. The number of allylic oxidation sites excluding steroid dienone is 1. The highest BCUT2D eigenvalue weighted by atomic mass is 35.5. The number of aliphatic imine (C=N–C) groups is 1. The van der Waals surface area contributed by atoms with Crippen molar-refractivity contribution in [3.63, 3.8) is 0 Å². The number of morpholine rings is 1. The highest BCUT2D eigenvalue weighted by Crippen LogP contribution is 2.27. The summed E-state index contributed by atoms with van der Waals surface area (Å²) in [5, 5.41) is 8.25. The van der Waals surface area contributed by atoms with E-state index in [2.05, 4.69) is 20.1 Å². The van der Waals surface area contributed by atoms with E-state index in [0.717, 1.165) is 24.4 Å². The van der Waals surface area contributed by atoms with Crippen molar-refractivity contribution in [3.05, 3.63) is 28.6 Å². The van der Waals surface area contributed by atoms with E-state index in [1.54, 1.807) is 6.07 Å². The average molecular weight is 299 g/mol. The molecule has 2 aliphatic heterocycles. The Morgan fingerprint density at radius 1 is 1.32 bits per heavy atom. The summed E-state index contributed by atoms with van der Waals surface area (Å²) >= 11 is 12.0. The molecule has 0 amide bonds. The first-order valence-corrected chi connectivity index (χ1v) is 6.76. The first kappa shape index (κ1) is 12.8. The molecule has 0 saturated carbocycles. The molecule has 2 aliphatic rings. The second kappa shape index (κ2) is 5.45. The third-order valence-electron chi connectivity index (χ3n) is 3.15. The minimum Gasteiger partial charge on any atom is -0.369 e. The van der Waals surface area contributed by atoms with Crippen LogP contribution in [0.25, 0.3) is 0 Å². The van der Waals surface area contributed by atoms with Crippen molar-refractivity contribution in [2.24, 2.45) is 4.99 Å². The predicted octanol–water partition coefficient (Wildman–Crippen LogP) is 2.35. The summed E-state index contributed by atoms with van der Waals surface area (Å²) < 4.78 is 5.76. The standard InChI is InChI=1S/C12H12Cl2N4O/c13-11-6-9(12(14)17-16-11)18-4-5-19-10(7-18)8-2-1-3-15-8/h1,3,6,10H,2,4-5,7H2. The molecule has 0 bridgehead atoms. The van der Waals surface area contributed by atoms with E-state index in [9.17, 15) is 0 Å². The van der Waals surface area contributed by atoms with Crippen LogP contribution in [0.4, 0.5) is 5.69 Å². The molecule has 0 N–H and O–H groups in total. The van der Waals surface area contributed by atoms with Gasteiger partial charge in [0.15, 0.2) is 10.3 Å². The van der Waals surface area contributed by atoms with Gasteiger partial charge in [0, 0.05) is 31.8 Å². The molecule has 3 heterocycles. The van der Waals surface area contributed by atoms with Crippen LogP contribution in [0.2, 0.25) is 10.3 Å². The number of hydrogen-bond donors (Lipinski definition) is 0. The highest BCUT2D eigenvalue weighted by Gasteiger charge is 2.26. The zero-order chi connectivity index (χ0) is 13.2. The SMILES string of the molecule is Clc1cc(N2CCOC(C3=NC=CC3)C2)c(Cl)nn1. The number of ether oxygens (including phenoxy) is 1. The zero-order valence-corrected chi connectivity index (χ0v) is 11.6. The van der Waals surface area contributed by atoms with Gasteiger partial charge in [-0.3, -0.25) is 4.99 Å². The Bertz CT molecular complexity index is 547. The fourth-order valence-corrected chi connectivity index (χ4v) is 2.58. The Morgan fingerprint density at radius 2 is 2.21 bits per heavy atom. The molecule has 0 radical (unpaired) electrons. The topological polar surface area (TPSA) is 50.6 Å². The minimum atomic E-state index is -0.00763. The van der Waals surface area contributed by atoms with Crippen LogP contribution in [0.1, 0.15) is 6.42 Å². The van der Waals surface area contributed by atoms with Crippen molar-refractivity contribution in [1.82, 2.24) is 10.2 Å². The summed E-state index contributed by atoms with van der Waals surface area (Å²) in [6.07, 6.45) is 4.68. The van der Waals surface area contributed by atoms with Gasteiger partial charge in [-0.05, 0) is 0 Å². The molecule has 7 heteroatoms. The maximum Gasteiger partial charge on any atom is 0.175 e. The van der Waals surface area contributed by atoms with Crippen LogP contribution in [-0.4, -0.2) is 41.7 Å². The predicted molar refractivity (Wildman–Crippen MR) is 75.2 cm³/mol. The van der Waals surface area contributed by atoms with Crippen LogP contribution in [0.5, 0.6) is 0 Å². The molecule has 0 aliphatic carbocycles. The monoisotopic (exact) mass is 298 g/mol. The fourth-order valence-electron chi connectivity index (χ4n) is 2.22. The third-order valence-corrected chi connectivity index (χ3v) is 3.61. The molecule has 1 aromatic heterocycles. The third kappa shape index (κ3) is 2.73. The van der Waals surface area contributed by atoms with E-state index < -0.39 is 0 Å². The van der Waals surface area contributed by atoms with Crippen molar-refractivity contribution in [2.75, 3.05) is 24.6 Å². The van der Waals surface area contributed by atoms with Crippen LogP contribution in [0.15, 0.2) is 23.3 Å². The number of nitrogens with zero attached hydrogens (tertiary/aromatic N) is 4. The lowest BCUT2D eigenvalue weighted by molar-refractivity contribution is 0.0832. The van der Waals surface area contributed by atoms with Gasteiger partial charge in [-0.15, -0.1) is 10.2 Å². The number of hydrogen-bond acceptors (Lipinski definition) is 5. The first-order valence-electron chi connectivity index (χ1n) is 6.01. The van der Waals surface area contributed by atoms with Crippen molar-refractivity contribution in [2.45, 2.75) is 12.5 Å². The maximum absolute atomic E-state index is 6.08. The van der Waals surface area contributed by atoms with Crippen molar-refractivity contribution >= 4 is 34.6 Å². The molecule has 1 saturated heterocycles. The largest absolute Gasteiger partial charge is 0.369 e. The summed E-state index contributed by atoms with van der Waals surface area (Å²) in [6, 6.07) is 1.73. The summed E-state index contributed by atoms with van der Waals surface area (Å²) in [5.74, 6) is 0. The lowest BCUT2D eigenvalue weighted by Crippen LogP contribution is -2.46. The van der Waals surface area contributed by atoms with E-state index >= 15 is 0 Å². The van der Waals surface area contributed by atoms with Crippen LogP contribution in [0.3, 0.4) is 0 Å². The quantitative estimate of drug-likeness (QED) is 0.841. The maximum atomic E-state index is 6.08. The Hall–Kier alpha value is -1.17. The second-order valence-electron chi connectivity index (χ2n) is 4.36.